The van der Waals surface area contributed by atoms with Crippen molar-refractivity contribution in [3.8, 4) is 11.5 Å². The van der Waals surface area contributed by atoms with E-state index in [-0.39, 0.29) is 24.0 Å². The molecule has 1 fully saturated rings. The highest BCUT2D eigenvalue weighted by atomic mass is 127. The fourth-order valence-electron chi connectivity index (χ4n) is 3.29. The molecule has 0 unspecified atom stereocenters. The van der Waals surface area contributed by atoms with Gasteiger partial charge in [0.25, 0.3) is 0 Å². The molecule has 1 aromatic heterocycles. The molecule has 0 saturated carbocycles. The van der Waals surface area contributed by atoms with Gasteiger partial charge in [-0.1, -0.05) is 19.9 Å². The molecule has 0 spiro atoms. The standard InChI is InChI=1S/C21H32N6O2S.HI/c1-5-13-29-17-8-7-16(14-18(17)28-4)15-23-20(22-3)26-9-11-27(12-10-26)21-24-19(6-2)25-30-21;/h7-8,14H,5-6,9-13,15H2,1-4H3,(H,22,23);1H. The van der Waals surface area contributed by atoms with Gasteiger partial charge in [-0.15, -0.1) is 24.0 Å². The minimum Gasteiger partial charge on any atom is -0.493 e. The van der Waals surface area contributed by atoms with Crippen molar-refractivity contribution in [3.05, 3.63) is 29.6 Å². The Morgan fingerprint density at radius 3 is 2.58 bits per heavy atom. The smallest absolute Gasteiger partial charge is 0.205 e. The van der Waals surface area contributed by atoms with Gasteiger partial charge in [0.15, 0.2) is 17.5 Å². The van der Waals surface area contributed by atoms with E-state index in [2.05, 4.69) is 49.4 Å². The molecule has 8 nitrogen and oxygen atoms in total. The first-order valence-corrected chi connectivity index (χ1v) is 11.3. The van der Waals surface area contributed by atoms with Crippen molar-refractivity contribution in [1.82, 2.24) is 19.6 Å². The fourth-order valence-corrected chi connectivity index (χ4v) is 4.09. The normalized spacial score (nSPS) is 14.3. The number of aromatic nitrogens is 2. The van der Waals surface area contributed by atoms with E-state index in [1.54, 1.807) is 7.11 Å². The quantitative estimate of drug-likeness (QED) is 0.302. The van der Waals surface area contributed by atoms with Gasteiger partial charge in [0, 0.05) is 57.7 Å². The van der Waals surface area contributed by atoms with Crippen molar-refractivity contribution in [2.45, 2.75) is 33.2 Å². The van der Waals surface area contributed by atoms with Crippen LogP contribution in [0.4, 0.5) is 5.13 Å². The van der Waals surface area contributed by atoms with Crippen molar-refractivity contribution in [2.24, 2.45) is 4.99 Å². The first-order chi connectivity index (χ1) is 14.7. The Bertz CT molecular complexity index is 839. The zero-order valence-electron chi connectivity index (χ0n) is 18.8. The number of rotatable bonds is 8. The number of piperazine rings is 1. The zero-order valence-corrected chi connectivity index (χ0v) is 21.9. The minimum atomic E-state index is 0. The van der Waals surface area contributed by atoms with E-state index in [1.807, 2.05) is 19.2 Å². The second-order valence-electron chi connectivity index (χ2n) is 7.06. The van der Waals surface area contributed by atoms with Crippen molar-refractivity contribution >= 4 is 46.6 Å². The van der Waals surface area contributed by atoms with Gasteiger partial charge in [-0.2, -0.15) is 4.37 Å². The molecule has 2 aromatic rings. The summed E-state index contributed by atoms with van der Waals surface area (Å²) in [6.07, 6.45) is 1.85. The Kier molecular flexibility index (Phi) is 10.6. The maximum atomic E-state index is 5.74. The molecule has 0 aliphatic carbocycles. The maximum absolute atomic E-state index is 5.74. The molecule has 0 bridgehead atoms. The monoisotopic (exact) mass is 560 g/mol. The van der Waals surface area contributed by atoms with Crippen LogP contribution >= 0.6 is 35.5 Å². The summed E-state index contributed by atoms with van der Waals surface area (Å²) in [6, 6.07) is 6.05. The van der Waals surface area contributed by atoms with Crippen LogP contribution in [0.25, 0.3) is 0 Å². The highest BCUT2D eigenvalue weighted by Crippen LogP contribution is 2.28. The summed E-state index contributed by atoms with van der Waals surface area (Å²) in [4.78, 5) is 13.7. The molecule has 2 heterocycles. The van der Waals surface area contributed by atoms with Crippen molar-refractivity contribution < 1.29 is 9.47 Å². The predicted octanol–water partition coefficient (Wildman–Crippen LogP) is 3.41. The Balaban J connectivity index is 0.00000341. The summed E-state index contributed by atoms with van der Waals surface area (Å²) < 4.78 is 15.6. The van der Waals surface area contributed by atoms with Gasteiger partial charge in [-0.25, -0.2) is 4.98 Å². The molecule has 0 amide bonds. The second kappa shape index (κ2) is 12.9. The molecule has 31 heavy (non-hydrogen) atoms. The lowest BCUT2D eigenvalue weighted by Crippen LogP contribution is -2.52. The first-order valence-electron chi connectivity index (χ1n) is 10.5. The Hall–Kier alpha value is -1.82. The second-order valence-corrected chi connectivity index (χ2v) is 7.79. The number of nitrogens with zero attached hydrogens (tertiary/aromatic N) is 5. The van der Waals surface area contributed by atoms with E-state index in [1.165, 1.54) is 11.5 Å². The third-order valence-corrected chi connectivity index (χ3v) is 5.79. The van der Waals surface area contributed by atoms with Gasteiger partial charge in [0.1, 0.15) is 5.82 Å². The SMILES string of the molecule is CCCOc1ccc(CNC(=NC)N2CCN(c3nc(CC)ns3)CC2)cc1OC.I. The van der Waals surface area contributed by atoms with Crippen LogP contribution < -0.4 is 19.7 Å². The minimum absolute atomic E-state index is 0. The van der Waals surface area contributed by atoms with Gasteiger partial charge in [0.05, 0.1) is 13.7 Å². The number of benzene rings is 1. The average Bonchev–Trinajstić information content (AvgIpc) is 3.28. The highest BCUT2D eigenvalue weighted by Gasteiger charge is 2.22. The van der Waals surface area contributed by atoms with Crippen LogP contribution in [-0.2, 0) is 13.0 Å². The number of nitrogens with one attached hydrogen (secondary N) is 1. The van der Waals surface area contributed by atoms with Crippen LogP contribution in [0.3, 0.4) is 0 Å². The van der Waals surface area contributed by atoms with Gasteiger partial charge < -0.3 is 24.6 Å². The first kappa shape index (κ1) is 25.4. The van der Waals surface area contributed by atoms with Crippen LogP contribution in [0, 0.1) is 0 Å². The zero-order chi connectivity index (χ0) is 21.3. The van der Waals surface area contributed by atoms with Crippen molar-refractivity contribution in [3.63, 3.8) is 0 Å². The average molecular weight is 561 g/mol. The lowest BCUT2D eigenvalue weighted by atomic mass is 10.2. The molecule has 1 saturated heterocycles. The van der Waals surface area contributed by atoms with Crippen LogP contribution in [0.1, 0.15) is 31.7 Å². The van der Waals surface area contributed by atoms with Crippen LogP contribution in [0.5, 0.6) is 11.5 Å². The molecular formula is C21H33IN6O2S. The highest BCUT2D eigenvalue weighted by molar-refractivity contribution is 14.0. The summed E-state index contributed by atoms with van der Waals surface area (Å²) in [5.41, 5.74) is 1.12. The van der Waals surface area contributed by atoms with E-state index < -0.39 is 0 Å². The Labute approximate surface area is 206 Å². The van der Waals surface area contributed by atoms with Gasteiger partial charge >= 0.3 is 0 Å². The van der Waals surface area contributed by atoms with Crippen molar-refractivity contribution in [1.29, 1.82) is 0 Å². The van der Waals surface area contributed by atoms with Crippen LogP contribution in [-0.4, -0.2) is 67.2 Å². The number of aryl methyl sites for hydroxylation is 1. The van der Waals surface area contributed by atoms with Gasteiger partial charge in [-0.05, 0) is 24.1 Å². The summed E-state index contributed by atoms with van der Waals surface area (Å²) in [7, 11) is 3.50. The summed E-state index contributed by atoms with van der Waals surface area (Å²) >= 11 is 1.49. The number of hydrogen-bond donors (Lipinski definition) is 1. The number of aliphatic imine (C=N–C) groups is 1. The third kappa shape index (κ3) is 6.83. The van der Waals surface area contributed by atoms with Crippen LogP contribution in [0.15, 0.2) is 23.2 Å². The van der Waals surface area contributed by atoms with Crippen LogP contribution in [0.2, 0.25) is 0 Å². The van der Waals surface area contributed by atoms with E-state index in [0.717, 1.165) is 73.0 Å². The van der Waals surface area contributed by atoms with Gasteiger partial charge in [0.2, 0.25) is 5.13 Å². The van der Waals surface area contributed by atoms with Crippen molar-refractivity contribution in [2.75, 3.05) is 51.8 Å². The maximum Gasteiger partial charge on any atom is 0.205 e. The molecule has 1 aromatic carbocycles. The summed E-state index contributed by atoms with van der Waals surface area (Å²) in [6.45, 7) is 9.15. The molecule has 172 valence electrons. The Morgan fingerprint density at radius 1 is 1.19 bits per heavy atom. The number of anilines is 1. The molecule has 1 N–H and O–H groups in total. The topological polar surface area (TPSA) is 75.1 Å². The van der Waals surface area contributed by atoms with E-state index in [4.69, 9.17) is 9.47 Å². The molecule has 1 aliphatic rings. The Morgan fingerprint density at radius 2 is 1.97 bits per heavy atom. The van der Waals surface area contributed by atoms with E-state index in [9.17, 15) is 0 Å². The fraction of sp³-hybridized carbons (Fsp3) is 0.571. The molecule has 3 rings (SSSR count). The molecule has 10 heteroatoms. The number of methoxy groups -OCH3 is 1. The summed E-state index contributed by atoms with van der Waals surface area (Å²) in [5, 5.41) is 4.49. The molecule has 0 radical (unpaired) electrons. The molecular weight excluding hydrogens is 527 g/mol. The lowest BCUT2D eigenvalue weighted by molar-refractivity contribution is 0.294. The largest absolute Gasteiger partial charge is 0.493 e. The number of hydrogen-bond acceptors (Lipinski definition) is 7. The van der Waals surface area contributed by atoms with E-state index in [0.29, 0.717) is 13.2 Å². The molecule has 0 atom stereocenters. The number of halogens is 1. The summed E-state index contributed by atoms with van der Waals surface area (Å²) in [5.74, 6) is 3.38. The number of ether oxygens (including phenoxy) is 2. The molecule has 1 aliphatic heterocycles. The van der Waals surface area contributed by atoms with E-state index >= 15 is 0 Å². The number of guanidine groups is 1. The lowest BCUT2D eigenvalue weighted by Gasteiger charge is -2.36. The third-order valence-electron chi connectivity index (χ3n) is 4.98. The predicted molar refractivity (Wildman–Crippen MR) is 137 cm³/mol. The van der Waals surface area contributed by atoms with Gasteiger partial charge in [-0.3, -0.25) is 4.99 Å².